The predicted molar refractivity (Wildman–Crippen MR) is 77.8 cm³/mol. The molecule has 0 saturated carbocycles. The average Bonchev–Trinajstić information content (AvgIpc) is 2.43. The second kappa shape index (κ2) is 6.67. The summed E-state index contributed by atoms with van der Waals surface area (Å²) >= 11 is 0. The summed E-state index contributed by atoms with van der Waals surface area (Å²) < 4.78 is 26.1. The van der Waals surface area contributed by atoms with Crippen molar-refractivity contribution in [2.45, 2.75) is 31.2 Å². The molecule has 1 aromatic rings. The van der Waals surface area contributed by atoms with Crippen LogP contribution in [0.2, 0.25) is 0 Å². The van der Waals surface area contributed by atoms with E-state index >= 15 is 0 Å². The van der Waals surface area contributed by atoms with Gasteiger partial charge in [-0.2, -0.15) is 4.31 Å². The van der Waals surface area contributed by atoms with Crippen LogP contribution in [0, 0.1) is 0 Å². The molecule has 1 rings (SSSR count). The van der Waals surface area contributed by atoms with Gasteiger partial charge in [0.15, 0.2) is 0 Å². The molecule has 1 N–H and O–H groups in total. The Morgan fingerprint density at radius 2 is 2.10 bits per heavy atom. The van der Waals surface area contributed by atoms with Gasteiger partial charge < -0.3 is 5.11 Å². The van der Waals surface area contributed by atoms with Gasteiger partial charge in [0, 0.05) is 19.2 Å². The van der Waals surface area contributed by atoms with Gasteiger partial charge in [0.25, 0.3) is 0 Å². The zero-order chi connectivity index (χ0) is 15.3. The molecule has 0 aliphatic rings. The van der Waals surface area contributed by atoms with Crippen molar-refractivity contribution in [3.05, 3.63) is 35.9 Å². The molecule has 1 aromatic carbocycles. The number of sulfonamides is 1. The fraction of sp³-hybridized carbons (Fsp3) is 0.357. The topological polar surface area (TPSA) is 74.7 Å². The van der Waals surface area contributed by atoms with E-state index in [1.54, 1.807) is 19.2 Å². The molecule has 0 heterocycles. The molecular formula is C14H19NO4S. The molecule has 0 bridgehead atoms. The van der Waals surface area contributed by atoms with Crippen LogP contribution in [0.5, 0.6) is 0 Å². The van der Waals surface area contributed by atoms with Gasteiger partial charge in [-0.05, 0) is 37.1 Å². The maximum absolute atomic E-state index is 12.4. The molecule has 1 atom stereocenters. The van der Waals surface area contributed by atoms with Gasteiger partial charge in [-0.15, -0.1) is 0 Å². The van der Waals surface area contributed by atoms with E-state index < -0.39 is 16.0 Å². The smallest absolute Gasteiger partial charge is 0.328 e. The molecule has 0 aromatic heterocycles. The van der Waals surface area contributed by atoms with Gasteiger partial charge in [-0.25, -0.2) is 13.2 Å². The standard InChI is InChI=1S/C14H19NO4S/c1-4-11(2)15(3)20(18,19)13-7-5-6-12(10-13)8-9-14(16)17/h5-11H,4H2,1-3H3,(H,16,17). The molecule has 5 nitrogen and oxygen atoms in total. The third-order valence-electron chi connectivity index (χ3n) is 3.16. The van der Waals surface area contributed by atoms with Crippen LogP contribution in [0.25, 0.3) is 6.08 Å². The Balaban J connectivity index is 3.14. The van der Waals surface area contributed by atoms with Crippen molar-refractivity contribution in [1.29, 1.82) is 0 Å². The third-order valence-corrected chi connectivity index (χ3v) is 5.13. The quantitative estimate of drug-likeness (QED) is 0.817. The first kappa shape index (κ1) is 16.4. The number of benzene rings is 1. The molecule has 20 heavy (non-hydrogen) atoms. The molecule has 1 unspecified atom stereocenters. The van der Waals surface area contributed by atoms with E-state index in [1.807, 2.05) is 13.8 Å². The van der Waals surface area contributed by atoms with Crippen LogP contribution in [-0.2, 0) is 14.8 Å². The van der Waals surface area contributed by atoms with E-state index in [2.05, 4.69) is 0 Å². The van der Waals surface area contributed by atoms with Crippen LogP contribution in [0.1, 0.15) is 25.8 Å². The summed E-state index contributed by atoms with van der Waals surface area (Å²) in [5.74, 6) is -1.07. The van der Waals surface area contributed by atoms with Gasteiger partial charge >= 0.3 is 5.97 Å². The van der Waals surface area contributed by atoms with Gasteiger partial charge in [-0.3, -0.25) is 0 Å². The molecule has 0 aliphatic heterocycles. The number of aliphatic carboxylic acids is 1. The Hall–Kier alpha value is -1.66. The molecule has 0 amide bonds. The monoisotopic (exact) mass is 297 g/mol. The van der Waals surface area contributed by atoms with Crippen molar-refractivity contribution in [1.82, 2.24) is 4.31 Å². The Bertz CT molecular complexity index is 607. The number of carboxylic acids is 1. The number of rotatable bonds is 6. The molecule has 0 radical (unpaired) electrons. The minimum absolute atomic E-state index is 0.0989. The summed E-state index contributed by atoms with van der Waals surface area (Å²) in [6, 6.07) is 6.12. The number of hydrogen-bond acceptors (Lipinski definition) is 3. The van der Waals surface area contributed by atoms with Gasteiger partial charge in [0.05, 0.1) is 4.90 Å². The van der Waals surface area contributed by atoms with E-state index in [9.17, 15) is 13.2 Å². The van der Waals surface area contributed by atoms with Gasteiger partial charge in [-0.1, -0.05) is 19.1 Å². The summed E-state index contributed by atoms with van der Waals surface area (Å²) in [7, 11) is -2.01. The van der Waals surface area contributed by atoms with Crippen LogP contribution in [0.15, 0.2) is 35.2 Å². The molecule has 0 spiro atoms. The summed E-state index contributed by atoms with van der Waals surface area (Å²) in [5.41, 5.74) is 0.533. The minimum atomic E-state index is -3.56. The van der Waals surface area contributed by atoms with Crippen LogP contribution in [-0.4, -0.2) is 36.9 Å². The summed E-state index contributed by atoms with van der Waals surface area (Å²) in [4.78, 5) is 10.6. The summed E-state index contributed by atoms with van der Waals surface area (Å²) in [6.45, 7) is 3.76. The van der Waals surface area contributed by atoms with Crippen LogP contribution >= 0.6 is 0 Å². The lowest BCUT2D eigenvalue weighted by molar-refractivity contribution is -0.131. The van der Waals surface area contributed by atoms with Crippen LogP contribution < -0.4 is 0 Å². The number of carboxylic acid groups (broad SMARTS) is 1. The maximum Gasteiger partial charge on any atom is 0.328 e. The largest absolute Gasteiger partial charge is 0.478 e. The maximum atomic E-state index is 12.4. The van der Waals surface area contributed by atoms with Crippen molar-refractivity contribution in [3.63, 3.8) is 0 Å². The fourth-order valence-corrected chi connectivity index (χ4v) is 3.10. The summed E-state index contributed by atoms with van der Waals surface area (Å²) in [6.07, 6.45) is 3.06. The lowest BCUT2D eigenvalue weighted by atomic mass is 10.2. The zero-order valence-corrected chi connectivity index (χ0v) is 12.6. The zero-order valence-electron chi connectivity index (χ0n) is 11.8. The summed E-state index contributed by atoms with van der Waals surface area (Å²) in [5, 5.41) is 8.58. The Labute approximate surface area is 119 Å². The Morgan fingerprint density at radius 1 is 1.45 bits per heavy atom. The SMILES string of the molecule is CCC(C)N(C)S(=O)(=O)c1cccc(C=CC(=O)O)c1. The molecule has 110 valence electrons. The normalized spacial score (nSPS) is 13.8. The van der Waals surface area contributed by atoms with E-state index in [4.69, 9.17) is 5.11 Å². The Morgan fingerprint density at radius 3 is 2.65 bits per heavy atom. The van der Waals surface area contributed by atoms with Crippen LogP contribution in [0.4, 0.5) is 0 Å². The molecular weight excluding hydrogens is 278 g/mol. The minimum Gasteiger partial charge on any atom is -0.478 e. The molecule has 0 aliphatic carbocycles. The van der Waals surface area contributed by atoms with Crippen molar-refractivity contribution in [2.75, 3.05) is 7.05 Å². The van der Waals surface area contributed by atoms with E-state index in [0.29, 0.717) is 12.0 Å². The first-order chi connectivity index (χ1) is 9.28. The van der Waals surface area contributed by atoms with Crippen LogP contribution in [0.3, 0.4) is 0 Å². The first-order valence-electron chi connectivity index (χ1n) is 6.28. The van der Waals surface area contributed by atoms with E-state index in [-0.39, 0.29) is 10.9 Å². The first-order valence-corrected chi connectivity index (χ1v) is 7.72. The second-order valence-corrected chi connectivity index (χ2v) is 6.52. The van der Waals surface area contributed by atoms with E-state index in [1.165, 1.54) is 22.5 Å². The van der Waals surface area contributed by atoms with Crippen molar-refractivity contribution >= 4 is 22.1 Å². The number of hydrogen-bond donors (Lipinski definition) is 1. The highest BCUT2D eigenvalue weighted by Gasteiger charge is 2.24. The molecule has 6 heteroatoms. The van der Waals surface area contributed by atoms with E-state index in [0.717, 1.165) is 6.08 Å². The third kappa shape index (κ3) is 3.91. The number of carbonyl (C=O) groups is 1. The van der Waals surface area contributed by atoms with Crippen molar-refractivity contribution in [2.24, 2.45) is 0 Å². The van der Waals surface area contributed by atoms with Crippen molar-refractivity contribution < 1.29 is 18.3 Å². The molecule has 0 fully saturated rings. The lowest BCUT2D eigenvalue weighted by Gasteiger charge is -2.23. The van der Waals surface area contributed by atoms with Gasteiger partial charge in [0.1, 0.15) is 0 Å². The second-order valence-electron chi connectivity index (χ2n) is 4.52. The average molecular weight is 297 g/mol. The Kier molecular flexibility index (Phi) is 5.47. The highest BCUT2D eigenvalue weighted by Crippen LogP contribution is 2.19. The fourth-order valence-electron chi connectivity index (χ4n) is 1.61. The van der Waals surface area contributed by atoms with Gasteiger partial charge in [0.2, 0.25) is 10.0 Å². The highest BCUT2D eigenvalue weighted by molar-refractivity contribution is 7.89. The lowest BCUT2D eigenvalue weighted by Crippen LogP contribution is -2.34. The highest BCUT2D eigenvalue weighted by atomic mass is 32.2. The number of nitrogens with zero attached hydrogens (tertiary/aromatic N) is 1. The predicted octanol–water partition coefficient (Wildman–Crippen LogP) is 2.20. The van der Waals surface area contributed by atoms with Crippen molar-refractivity contribution in [3.8, 4) is 0 Å². The molecule has 0 saturated heterocycles.